The first-order chi connectivity index (χ1) is 18.2. The molecule has 0 aromatic heterocycles. The van der Waals surface area contributed by atoms with E-state index in [4.69, 9.17) is 27.6 Å². The molecule has 0 saturated carbocycles. The predicted molar refractivity (Wildman–Crippen MR) is 186 cm³/mol. The van der Waals surface area contributed by atoms with Gasteiger partial charge in [-0.3, -0.25) is 0 Å². The number of aromatic hydroxyl groups is 2. The Hall–Kier alpha value is -0.350. The summed E-state index contributed by atoms with van der Waals surface area (Å²) in [7, 11) is 15.0. The number of benzene rings is 2. The molecule has 242 valence electrons. The summed E-state index contributed by atoms with van der Waals surface area (Å²) in [6, 6.07) is 8.68. The number of hydrogen-bond donors (Lipinski definition) is 2. The van der Waals surface area contributed by atoms with Crippen LogP contribution in [0.5, 0.6) is 11.5 Å². The Morgan fingerprint density at radius 3 is 0.619 bits per heavy atom. The van der Waals surface area contributed by atoms with Crippen LogP contribution in [0.2, 0.25) is 0 Å². The van der Waals surface area contributed by atoms with E-state index in [0.717, 1.165) is 22.3 Å². The first kappa shape index (κ1) is 41.7. The molecule has 2 aromatic rings. The number of rotatable bonds is 0. The minimum absolute atomic E-state index is 0.0503. The monoisotopic (exact) mass is 810 g/mol. The number of halogens is 3. The summed E-state index contributed by atoms with van der Waals surface area (Å²) in [4.78, 5) is 0. The van der Waals surface area contributed by atoms with Gasteiger partial charge in [0, 0.05) is 0 Å². The van der Waals surface area contributed by atoms with Gasteiger partial charge >= 0.3 is 42.8 Å². The van der Waals surface area contributed by atoms with Crippen molar-refractivity contribution in [3.63, 3.8) is 0 Å². The van der Waals surface area contributed by atoms with E-state index in [9.17, 15) is 10.2 Å². The van der Waals surface area contributed by atoms with Gasteiger partial charge in [0.25, 0.3) is 0 Å². The fraction of sp³-hybridized carbons (Fsp3) is 0.667. The van der Waals surface area contributed by atoms with Crippen LogP contribution in [0.3, 0.4) is 0 Å². The second-order valence-electron chi connectivity index (χ2n) is 17.5. The second kappa shape index (κ2) is 14.4. The summed E-state index contributed by atoms with van der Waals surface area (Å²) >= 11 is -2.18. The third-order valence-corrected chi connectivity index (χ3v) is 7.18. The van der Waals surface area contributed by atoms with Crippen molar-refractivity contribution >= 4 is 27.6 Å². The topological polar surface area (TPSA) is 40.5 Å². The quantitative estimate of drug-likeness (QED) is 0.278. The van der Waals surface area contributed by atoms with Gasteiger partial charge in [0.15, 0.2) is 0 Å². The summed E-state index contributed by atoms with van der Waals surface area (Å²) in [6.45, 7) is 39.2. The van der Waals surface area contributed by atoms with Crippen LogP contribution in [0.25, 0.3) is 0 Å². The first-order valence-electron chi connectivity index (χ1n) is 14.8. The molecule has 2 aromatic carbocycles. The molecule has 6 heteroatoms. The number of phenols is 2. The molecular weight excluding hydrogens is 752 g/mol. The Bertz CT molecular complexity index is 1010. The average molecular weight is 812 g/mol. The molecule has 0 aliphatic carbocycles. The van der Waals surface area contributed by atoms with E-state index >= 15 is 0 Å². The maximum atomic E-state index is 10.7. The summed E-state index contributed by atoms with van der Waals surface area (Å²) in [5.41, 5.74) is 6.75. The van der Waals surface area contributed by atoms with E-state index < -0.39 is 15.2 Å². The molecule has 2 nitrogen and oxygen atoms in total. The molecule has 0 radical (unpaired) electrons. The zero-order chi connectivity index (χ0) is 34.0. The van der Waals surface area contributed by atoms with E-state index in [1.54, 1.807) is 0 Å². The van der Waals surface area contributed by atoms with Gasteiger partial charge in [0.05, 0.1) is 0 Å². The summed E-state index contributed by atoms with van der Waals surface area (Å²) < 4.78 is 0. The first-order valence-corrected chi connectivity index (χ1v) is 26.7. The Morgan fingerprint density at radius 2 is 0.524 bits per heavy atom. The Morgan fingerprint density at radius 1 is 0.381 bits per heavy atom. The molecule has 0 aliphatic heterocycles. The molecule has 2 N–H and O–H groups in total. The van der Waals surface area contributed by atoms with Crippen molar-refractivity contribution < 1.29 is 25.4 Å². The zero-order valence-corrected chi connectivity index (χ0v) is 35.3. The number of hydrogen-bond acceptors (Lipinski definition) is 2. The van der Waals surface area contributed by atoms with Crippen LogP contribution in [0.1, 0.15) is 158 Å². The van der Waals surface area contributed by atoms with Gasteiger partial charge < -0.3 is 10.2 Å². The third-order valence-electron chi connectivity index (χ3n) is 7.18. The van der Waals surface area contributed by atoms with Crippen molar-refractivity contribution in [2.24, 2.45) is 0 Å². The molecule has 42 heavy (non-hydrogen) atoms. The third kappa shape index (κ3) is 12.9. The van der Waals surface area contributed by atoms with Crippen molar-refractivity contribution in [1.82, 2.24) is 0 Å². The SMILES string of the molecule is CC(C)(C)c1cc(C(C)(C)C)c(O)c(C(C)(C)C)c1.CC(C)(C)c1cc(C(C)(C)C)c(O)c(C(C)(C)C)c1.[Cl][Ta]([Cl])[Cl]. The van der Waals surface area contributed by atoms with Crippen molar-refractivity contribution in [3.8, 4) is 11.5 Å². The Kier molecular flexibility index (Phi) is 14.3. The van der Waals surface area contributed by atoms with Crippen LogP contribution >= 0.6 is 27.6 Å². The van der Waals surface area contributed by atoms with E-state index in [1.807, 2.05) is 0 Å². The van der Waals surface area contributed by atoms with E-state index in [2.05, 4.69) is 149 Å². The molecular formula is C36H60Cl3O2Ta. The van der Waals surface area contributed by atoms with Gasteiger partial charge in [-0.2, -0.15) is 0 Å². The van der Waals surface area contributed by atoms with Gasteiger partial charge in [0.2, 0.25) is 0 Å². The van der Waals surface area contributed by atoms with Gasteiger partial charge in [-0.15, -0.1) is 0 Å². The van der Waals surface area contributed by atoms with Crippen molar-refractivity contribution in [3.05, 3.63) is 57.6 Å². The molecule has 2 rings (SSSR count). The molecule has 0 aliphatic rings. The van der Waals surface area contributed by atoms with Crippen LogP contribution in [0.15, 0.2) is 24.3 Å². The minimum atomic E-state index is -2.18. The molecule has 0 fully saturated rings. The fourth-order valence-electron chi connectivity index (χ4n) is 4.42. The Balaban J connectivity index is 0.000000710. The van der Waals surface area contributed by atoms with Crippen molar-refractivity contribution in [1.29, 1.82) is 0 Å². The summed E-state index contributed by atoms with van der Waals surface area (Å²) in [5, 5.41) is 21.3. The molecule has 0 amide bonds. The van der Waals surface area contributed by atoms with Crippen LogP contribution in [0, 0.1) is 0 Å². The average Bonchev–Trinajstić information content (AvgIpc) is 2.68. The van der Waals surface area contributed by atoms with E-state index in [1.165, 1.54) is 11.1 Å². The molecule has 0 spiro atoms. The normalized spacial score (nSPS) is 13.3. The van der Waals surface area contributed by atoms with Gasteiger partial charge in [-0.05, 0) is 65.9 Å². The maximum absolute atomic E-state index is 10.7. The van der Waals surface area contributed by atoms with Crippen LogP contribution in [-0.4, -0.2) is 10.2 Å². The summed E-state index contributed by atoms with van der Waals surface area (Å²) in [5.74, 6) is 0.931. The standard InChI is InChI=1S/2C18H30O.3ClH.Ta/c2*1-16(2,3)12-10-13(17(4,5)6)15(19)14(11-12)18(7,8)9;;;;/h2*10-11,19H,1-9H3;3*1H;/q;;;;;+3/p-3. The van der Waals surface area contributed by atoms with Crippen LogP contribution in [-0.2, 0) is 47.7 Å². The second-order valence-corrected chi connectivity index (χ2v) is 31.5. The predicted octanol–water partition coefficient (Wildman–Crippen LogP) is 12.6. The Labute approximate surface area is 277 Å². The summed E-state index contributed by atoms with van der Waals surface area (Å²) in [6.07, 6.45) is 0. The van der Waals surface area contributed by atoms with E-state index in [-0.39, 0.29) is 32.5 Å². The van der Waals surface area contributed by atoms with Crippen LogP contribution < -0.4 is 0 Å². The van der Waals surface area contributed by atoms with Gasteiger partial charge in [-0.25, -0.2) is 0 Å². The van der Waals surface area contributed by atoms with Gasteiger partial charge in [0.1, 0.15) is 11.5 Å². The van der Waals surface area contributed by atoms with Crippen LogP contribution in [0.4, 0.5) is 0 Å². The zero-order valence-electron chi connectivity index (χ0n) is 29.8. The molecule has 0 atom stereocenters. The molecule has 0 heterocycles. The van der Waals surface area contributed by atoms with Gasteiger partial charge in [-0.1, -0.05) is 149 Å². The molecule has 0 bridgehead atoms. The number of phenolic OH excluding ortho intramolecular Hbond substituents is 2. The molecule has 0 saturated heterocycles. The van der Waals surface area contributed by atoms with Crippen molar-refractivity contribution in [2.45, 2.75) is 157 Å². The molecule has 0 unspecified atom stereocenters. The fourth-order valence-corrected chi connectivity index (χ4v) is 4.42. The van der Waals surface area contributed by atoms with Crippen molar-refractivity contribution in [2.75, 3.05) is 0 Å². The van der Waals surface area contributed by atoms with E-state index in [0.29, 0.717) is 11.5 Å².